The molecule has 0 aromatic heterocycles. The second-order valence-corrected chi connectivity index (χ2v) is 3.20. The topological polar surface area (TPSA) is 139 Å². The molecule has 1 saturated carbocycles. The molecule has 0 amide bonds. The van der Waals surface area contributed by atoms with Gasteiger partial charge in [0.2, 0.25) is 0 Å². The van der Waals surface area contributed by atoms with Gasteiger partial charge in [0.25, 0.3) is 0 Å². The van der Waals surface area contributed by atoms with Crippen LogP contribution < -0.4 is 17.2 Å². The standard InChI is InChI=1S/C6H15N3O3/c7-1-4(10)2(8)6(12)3(9)5(1)11/h1-6,10-12H,7-9H2/t1-,2?,3?,4+,5?,6?/m0/s1. The molecule has 0 saturated heterocycles. The summed E-state index contributed by atoms with van der Waals surface area (Å²) < 4.78 is 0. The average molecular weight is 177 g/mol. The Balaban J connectivity index is 2.76. The van der Waals surface area contributed by atoms with Crippen molar-refractivity contribution in [1.82, 2.24) is 0 Å². The molecule has 0 spiro atoms. The second-order valence-electron chi connectivity index (χ2n) is 3.20. The van der Waals surface area contributed by atoms with Crippen molar-refractivity contribution in [1.29, 1.82) is 0 Å². The first-order valence-electron chi connectivity index (χ1n) is 3.77. The van der Waals surface area contributed by atoms with Crippen molar-refractivity contribution in [3.8, 4) is 0 Å². The van der Waals surface area contributed by atoms with Crippen molar-refractivity contribution in [2.24, 2.45) is 17.2 Å². The molecule has 1 rings (SSSR count). The molecule has 0 heterocycles. The minimum Gasteiger partial charge on any atom is -0.390 e. The second kappa shape index (κ2) is 3.25. The van der Waals surface area contributed by atoms with Gasteiger partial charge < -0.3 is 32.5 Å². The molecule has 0 aliphatic heterocycles. The van der Waals surface area contributed by atoms with E-state index in [9.17, 15) is 15.3 Å². The van der Waals surface area contributed by atoms with Crippen LogP contribution in [0.1, 0.15) is 0 Å². The van der Waals surface area contributed by atoms with Gasteiger partial charge >= 0.3 is 0 Å². The highest BCUT2D eigenvalue weighted by Gasteiger charge is 2.44. The Morgan fingerprint density at radius 3 is 0.917 bits per heavy atom. The van der Waals surface area contributed by atoms with Gasteiger partial charge in [-0.25, -0.2) is 0 Å². The molecule has 6 nitrogen and oxygen atoms in total. The van der Waals surface area contributed by atoms with Crippen LogP contribution >= 0.6 is 0 Å². The summed E-state index contributed by atoms with van der Waals surface area (Å²) in [5.41, 5.74) is 16.2. The van der Waals surface area contributed by atoms with Crippen LogP contribution in [0.15, 0.2) is 0 Å². The van der Waals surface area contributed by atoms with Gasteiger partial charge in [-0.1, -0.05) is 0 Å². The minimum absolute atomic E-state index is 0.890. The van der Waals surface area contributed by atoms with Crippen LogP contribution in [0.2, 0.25) is 0 Å². The summed E-state index contributed by atoms with van der Waals surface area (Å²) in [5, 5.41) is 27.8. The molecule has 0 bridgehead atoms. The van der Waals surface area contributed by atoms with E-state index >= 15 is 0 Å². The Hall–Kier alpha value is -0.240. The maximum absolute atomic E-state index is 9.28. The third-order valence-electron chi connectivity index (χ3n) is 2.37. The number of nitrogens with two attached hydrogens (primary N) is 3. The quantitative estimate of drug-likeness (QED) is 0.223. The van der Waals surface area contributed by atoms with Crippen LogP contribution in [0.25, 0.3) is 0 Å². The molecule has 0 unspecified atom stereocenters. The van der Waals surface area contributed by atoms with Gasteiger partial charge in [0.1, 0.15) is 0 Å². The summed E-state index contributed by atoms with van der Waals surface area (Å²) in [7, 11) is 0. The maximum Gasteiger partial charge on any atom is 0.0893 e. The zero-order chi connectivity index (χ0) is 9.46. The van der Waals surface area contributed by atoms with E-state index in [4.69, 9.17) is 17.2 Å². The minimum atomic E-state index is -1.12. The molecule has 0 radical (unpaired) electrons. The van der Waals surface area contributed by atoms with Crippen LogP contribution in [-0.2, 0) is 0 Å². The van der Waals surface area contributed by atoms with Gasteiger partial charge in [0.05, 0.1) is 36.4 Å². The van der Waals surface area contributed by atoms with Gasteiger partial charge in [-0.05, 0) is 0 Å². The van der Waals surface area contributed by atoms with Gasteiger partial charge in [0.15, 0.2) is 0 Å². The Morgan fingerprint density at radius 1 is 0.583 bits per heavy atom. The molecule has 9 N–H and O–H groups in total. The van der Waals surface area contributed by atoms with Gasteiger partial charge in [0, 0.05) is 0 Å². The lowest BCUT2D eigenvalue weighted by atomic mass is 9.81. The van der Waals surface area contributed by atoms with E-state index in [1.54, 1.807) is 0 Å². The third-order valence-corrected chi connectivity index (χ3v) is 2.37. The molecule has 12 heavy (non-hydrogen) atoms. The lowest BCUT2D eigenvalue weighted by Crippen LogP contribution is -2.71. The molecule has 72 valence electrons. The van der Waals surface area contributed by atoms with E-state index in [0.717, 1.165) is 0 Å². The monoisotopic (exact) mass is 177 g/mol. The van der Waals surface area contributed by atoms with Crippen molar-refractivity contribution in [3.63, 3.8) is 0 Å². The van der Waals surface area contributed by atoms with Crippen LogP contribution in [0.5, 0.6) is 0 Å². The van der Waals surface area contributed by atoms with Crippen LogP contribution in [0.4, 0.5) is 0 Å². The zero-order valence-corrected chi connectivity index (χ0v) is 6.54. The third kappa shape index (κ3) is 1.33. The van der Waals surface area contributed by atoms with Crippen molar-refractivity contribution in [3.05, 3.63) is 0 Å². The van der Waals surface area contributed by atoms with E-state index in [2.05, 4.69) is 0 Å². The molecule has 0 aromatic rings. The van der Waals surface area contributed by atoms with Crippen molar-refractivity contribution in [2.75, 3.05) is 0 Å². The summed E-state index contributed by atoms with van der Waals surface area (Å²) in [6.07, 6.45) is -3.35. The lowest BCUT2D eigenvalue weighted by molar-refractivity contribution is -0.0699. The van der Waals surface area contributed by atoms with Crippen LogP contribution in [0, 0.1) is 0 Å². The van der Waals surface area contributed by atoms with E-state index < -0.39 is 36.4 Å². The maximum atomic E-state index is 9.28. The lowest BCUT2D eigenvalue weighted by Gasteiger charge is -2.41. The summed E-state index contributed by atoms with van der Waals surface area (Å²) in [5.74, 6) is 0. The number of hydrogen-bond acceptors (Lipinski definition) is 6. The highest BCUT2D eigenvalue weighted by atomic mass is 16.3. The van der Waals surface area contributed by atoms with E-state index in [1.807, 2.05) is 0 Å². The Morgan fingerprint density at radius 2 is 0.750 bits per heavy atom. The first kappa shape index (κ1) is 9.85. The molecular formula is C6H15N3O3. The fourth-order valence-electron chi connectivity index (χ4n) is 1.38. The Labute approximate surface area is 70.0 Å². The van der Waals surface area contributed by atoms with Crippen molar-refractivity contribution < 1.29 is 15.3 Å². The molecule has 6 heteroatoms. The normalized spacial score (nSPS) is 55.5. The predicted octanol–water partition coefficient (Wildman–Crippen LogP) is -3.94. The van der Waals surface area contributed by atoms with E-state index in [1.165, 1.54) is 0 Å². The number of aliphatic hydroxyl groups is 3. The summed E-state index contributed by atoms with van der Waals surface area (Å²) in [4.78, 5) is 0. The Kier molecular flexibility index (Phi) is 2.67. The number of hydrogen-bond donors (Lipinski definition) is 6. The SMILES string of the molecule is NC1C(O)C(N)[C@H](O)[C@H](N)C1O. The van der Waals surface area contributed by atoms with Gasteiger partial charge in [-0.3, -0.25) is 0 Å². The molecule has 0 aromatic carbocycles. The van der Waals surface area contributed by atoms with E-state index in [-0.39, 0.29) is 0 Å². The fraction of sp³-hybridized carbons (Fsp3) is 1.00. The first-order chi connectivity index (χ1) is 5.46. The van der Waals surface area contributed by atoms with E-state index in [0.29, 0.717) is 0 Å². The van der Waals surface area contributed by atoms with Crippen LogP contribution in [0.3, 0.4) is 0 Å². The molecular weight excluding hydrogens is 162 g/mol. The first-order valence-corrected chi connectivity index (χ1v) is 3.77. The smallest absolute Gasteiger partial charge is 0.0893 e. The van der Waals surface area contributed by atoms with Crippen molar-refractivity contribution >= 4 is 0 Å². The molecule has 1 aliphatic rings. The van der Waals surface area contributed by atoms with Crippen LogP contribution in [-0.4, -0.2) is 51.8 Å². The van der Waals surface area contributed by atoms with Gasteiger partial charge in [-0.2, -0.15) is 0 Å². The largest absolute Gasteiger partial charge is 0.390 e. The average Bonchev–Trinajstić information content (AvgIpc) is 2.08. The molecule has 1 fully saturated rings. The fourth-order valence-corrected chi connectivity index (χ4v) is 1.38. The summed E-state index contributed by atoms with van der Waals surface area (Å²) in [6, 6.07) is -2.67. The highest BCUT2D eigenvalue weighted by Crippen LogP contribution is 2.16. The van der Waals surface area contributed by atoms with Gasteiger partial charge in [-0.15, -0.1) is 0 Å². The molecule has 0 atom stereocenters. The summed E-state index contributed by atoms with van der Waals surface area (Å²) >= 11 is 0. The number of aliphatic hydroxyl groups excluding tert-OH is 3. The summed E-state index contributed by atoms with van der Waals surface area (Å²) in [6.45, 7) is 0. The zero-order valence-electron chi connectivity index (χ0n) is 6.54. The highest BCUT2D eigenvalue weighted by molar-refractivity contribution is 5.04. The predicted molar refractivity (Wildman–Crippen MR) is 41.9 cm³/mol. The number of rotatable bonds is 0. The Bertz CT molecular complexity index is 110. The molecule has 1 aliphatic carbocycles. The van der Waals surface area contributed by atoms with Crippen molar-refractivity contribution in [2.45, 2.75) is 36.4 Å².